The first-order valence-corrected chi connectivity index (χ1v) is 7.26. The zero-order valence-corrected chi connectivity index (χ0v) is 12.9. The molecule has 1 amide bonds. The predicted octanol–water partition coefficient (Wildman–Crippen LogP) is 2.17. The molecule has 0 aliphatic carbocycles. The molecule has 0 aromatic heterocycles. The Kier molecular flexibility index (Phi) is 6.32. The third kappa shape index (κ3) is 5.23. The second-order valence-electron chi connectivity index (χ2n) is 4.92. The molecule has 0 heterocycles. The first kappa shape index (κ1) is 16.7. The van der Waals surface area contributed by atoms with Crippen molar-refractivity contribution >= 4 is 11.9 Å². The summed E-state index contributed by atoms with van der Waals surface area (Å²) in [5.74, 6) is -0.883. The number of ether oxygens (including phenoxy) is 2. The van der Waals surface area contributed by atoms with Crippen molar-refractivity contribution in [2.45, 2.75) is 12.6 Å². The number of rotatable bonds is 7. The maximum atomic E-state index is 12.1. The smallest absolute Gasteiger partial charge is 0.330 e. The zero-order chi connectivity index (χ0) is 16.5. The van der Waals surface area contributed by atoms with E-state index in [0.29, 0.717) is 12.2 Å². The molecule has 0 unspecified atom stereocenters. The first-order valence-electron chi connectivity index (χ1n) is 7.26. The highest BCUT2D eigenvalue weighted by Crippen LogP contribution is 2.03. The molecule has 1 N–H and O–H groups in total. The van der Waals surface area contributed by atoms with Crippen LogP contribution in [0.4, 0.5) is 0 Å². The lowest BCUT2D eigenvalue weighted by atomic mass is 10.2. The van der Waals surface area contributed by atoms with Crippen LogP contribution in [0.1, 0.15) is 15.9 Å². The van der Waals surface area contributed by atoms with Crippen molar-refractivity contribution in [3.63, 3.8) is 0 Å². The fraction of sp³-hybridized carbons (Fsp3) is 0.222. The highest BCUT2D eigenvalue weighted by Gasteiger charge is 2.22. The Bertz CT molecular complexity index is 628. The van der Waals surface area contributed by atoms with Gasteiger partial charge in [0.2, 0.25) is 0 Å². The highest BCUT2D eigenvalue weighted by molar-refractivity contribution is 5.96. The number of esters is 1. The number of nitrogens with one attached hydrogen (secondary N) is 1. The highest BCUT2D eigenvalue weighted by atomic mass is 16.5. The van der Waals surface area contributed by atoms with Crippen LogP contribution < -0.4 is 5.32 Å². The molecule has 2 rings (SSSR count). The summed E-state index contributed by atoms with van der Waals surface area (Å²) in [7, 11) is 1.28. The van der Waals surface area contributed by atoms with E-state index < -0.39 is 12.0 Å². The van der Waals surface area contributed by atoms with Gasteiger partial charge in [-0.05, 0) is 17.7 Å². The maximum Gasteiger partial charge on any atom is 0.330 e. The van der Waals surface area contributed by atoms with Crippen LogP contribution in [0.25, 0.3) is 0 Å². The number of methoxy groups -OCH3 is 1. The summed E-state index contributed by atoms with van der Waals surface area (Å²) in [4.78, 5) is 23.9. The van der Waals surface area contributed by atoms with Crippen molar-refractivity contribution in [2.24, 2.45) is 0 Å². The van der Waals surface area contributed by atoms with Crippen LogP contribution in [0.15, 0.2) is 60.7 Å². The monoisotopic (exact) mass is 313 g/mol. The number of benzene rings is 2. The van der Waals surface area contributed by atoms with E-state index in [1.807, 2.05) is 36.4 Å². The molecule has 0 radical (unpaired) electrons. The number of carbonyl (C=O) groups excluding carboxylic acids is 2. The van der Waals surface area contributed by atoms with Gasteiger partial charge in [-0.2, -0.15) is 0 Å². The quantitative estimate of drug-likeness (QED) is 0.796. The van der Waals surface area contributed by atoms with Crippen LogP contribution >= 0.6 is 0 Å². The Morgan fingerprint density at radius 2 is 1.61 bits per heavy atom. The van der Waals surface area contributed by atoms with Gasteiger partial charge >= 0.3 is 5.97 Å². The van der Waals surface area contributed by atoms with Gasteiger partial charge in [0.05, 0.1) is 20.3 Å². The second kappa shape index (κ2) is 8.70. The summed E-state index contributed by atoms with van der Waals surface area (Å²) in [5.41, 5.74) is 1.47. The van der Waals surface area contributed by atoms with Crippen LogP contribution in [0, 0.1) is 0 Å². The Labute approximate surface area is 135 Å². The minimum absolute atomic E-state index is 0.0418. The average Bonchev–Trinajstić information content (AvgIpc) is 2.61. The lowest BCUT2D eigenvalue weighted by Gasteiger charge is -2.16. The van der Waals surface area contributed by atoms with Crippen LogP contribution in [0.3, 0.4) is 0 Å². The van der Waals surface area contributed by atoms with Gasteiger partial charge in [0.15, 0.2) is 6.04 Å². The summed E-state index contributed by atoms with van der Waals surface area (Å²) >= 11 is 0. The van der Waals surface area contributed by atoms with Gasteiger partial charge in [0.1, 0.15) is 0 Å². The van der Waals surface area contributed by atoms with Crippen molar-refractivity contribution in [1.82, 2.24) is 5.32 Å². The van der Waals surface area contributed by atoms with E-state index in [-0.39, 0.29) is 12.5 Å². The Hall–Kier alpha value is -2.66. The van der Waals surface area contributed by atoms with Gasteiger partial charge in [-0.1, -0.05) is 48.5 Å². The molecule has 5 nitrogen and oxygen atoms in total. The number of amides is 1. The van der Waals surface area contributed by atoms with Gasteiger partial charge < -0.3 is 14.8 Å². The molecular weight excluding hydrogens is 294 g/mol. The lowest BCUT2D eigenvalue weighted by Crippen LogP contribution is -2.44. The zero-order valence-electron chi connectivity index (χ0n) is 12.9. The van der Waals surface area contributed by atoms with Gasteiger partial charge in [-0.3, -0.25) is 4.79 Å². The van der Waals surface area contributed by atoms with Gasteiger partial charge in [-0.25, -0.2) is 4.79 Å². The molecule has 120 valence electrons. The first-order chi connectivity index (χ1) is 11.2. The molecule has 2 aromatic rings. The maximum absolute atomic E-state index is 12.1. The van der Waals surface area contributed by atoms with E-state index >= 15 is 0 Å². The van der Waals surface area contributed by atoms with Crippen molar-refractivity contribution < 1.29 is 19.1 Å². The third-order valence-electron chi connectivity index (χ3n) is 3.22. The topological polar surface area (TPSA) is 64.6 Å². The molecule has 0 aliphatic heterocycles. The molecule has 0 spiro atoms. The van der Waals surface area contributed by atoms with Crippen LogP contribution in [-0.2, 0) is 20.9 Å². The molecular formula is C18H19NO4. The molecule has 0 bridgehead atoms. The van der Waals surface area contributed by atoms with Gasteiger partial charge in [-0.15, -0.1) is 0 Å². The van der Waals surface area contributed by atoms with Crippen LogP contribution in [0.5, 0.6) is 0 Å². The van der Waals surface area contributed by atoms with E-state index in [1.165, 1.54) is 7.11 Å². The van der Waals surface area contributed by atoms with E-state index in [1.54, 1.807) is 24.3 Å². The molecule has 23 heavy (non-hydrogen) atoms. The SMILES string of the molecule is COC(=O)[C@H](COCc1ccccc1)NC(=O)c1ccccc1. The van der Waals surface area contributed by atoms with Crippen LogP contribution in [-0.4, -0.2) is 31.6 Å². The van der Waals surface area contributed by atoms with Crippen LogP contribution in [0.2, 0.25) is 0 Å². The third-order valence-corrected chi connectivity index (χ3v) is 3.22. The predicted molar refractivity (Wildman–Crippen MR) is 85.8 cm³/mol. The van der Waals surface area contributed by atoms with Gasteiger partial charge in [0, 0.05) is 5.56 Å². The molecule has 0 aliphatic rings. The number of carbonyl (C=O) groups is 2. The second-order valence-corrected chi connectivity index (χ2v) is 4.92. The summed E-state index contributed by atoms with van der Waals surface area (Å²) in [5, 5.41) is 2.63. The molecule has 2 aromatic carbocycles. The summed E-state index contributed by atoms with van der Waals surface area (Å²) in [6.07, 6.45) is 0. The van der Waals surface area contributed by atoms with E-state index in [4.69, 9.17) is 9.47 Å². The Balaban J connectivity index is 1.92. The van der Waals surface area contributed by atoms with E-state index in [2.05, 4.69) is 5.32 Å². The van der Waals surface area contributed by atoms with Crippen molar-refractivity contribution in [3.05, 3.63) is 71.8 Å². The lowest BCUT2D eigenvalue weighted by molar-refractivity contribution is -0.144. The summed E-state index contributed by atoms with van der Waals surface area (Å²) in [6, 6.07) is 17.4. The molecule has 0 saturated heterocycles. The summed E-state index contributed by atoms with van der Waals surface area (Å²) in [6.45, 7) is 0.398. The molecule has 0 saturated carbocycles. The minimum atomic E-state index is -0.851. The number of hydrogen-bond acceptors (Lipinski definition) is 4. The fourth-order valence-corrected chi connectivity index (χ4v) is 2.01. The number of hydrogen-bond donors (Lipinski definition) is 1. The molecule has 5 heteroatoms. The van der Waals surface area contributed by atoms with Gasteiger partial charge in [0.25, 0.3) is 5.91 Å². The Morgan fingerprint density at radius 3 is 2.22 bits per heavy atom. The largest absolute Gasteiger partial charge is 0.467 e. The minimum Gasteiger partial charge on any atom is -0.467 e. The average molecular weight is 313 g/mol. The van der Waals surface area contributed by atoms with E-state index in [9.17, 15) is 9.59 Å². The molecule has 0 fully saturated rings. The summed E-state index contributed by atoms with van der Waals surface area (Å²) < 4.78 is 10.2. The Morgan fingerprint density at radius 1 is 1.00 bits per heavy atom. The fourth-order valence-electron chi connectivity index (χ4n) is 2.01. The van der Waals surface area contributed by atoms with E-state index in [0.717, 1.165) is 5.56 Å². The van der Waals surface area contributed by atoms with Crippen molar-refractivity contribution in [2.75, 3.05) is 13.7 Å². The normalized spacial score (nSPS) is 11.5. The van der Waals surface area contributed by atoms with Crippen molar-refractivity contribution in [3.8, 4) is 0 Å². The standard InChI is InChI=1S/C18H19NO4/c1-22-18(21)16(13-23-12-14-8-4-2-5-9-14)19-17(20)15-10-6-3-7-11-15/h2-11,16H,12-13H2,1H3,(H,19,20)/t16-/m0/s1. The van der Waals surface area contributed by atoms with Crippen molar-refractivity contribution in [1.29, 1.82) is 0 Å². The molecule has 1 atom stereocenters.